The summed E-state index contributed by atoms with van der Waals surface area (Å²) in [6.07, 6.45) is 1.73. The Labute approximate surface area is 108 Å². The molecule has 100 valence electrons. The molecule has 1 amide bonds. The predicted octanol–water partition coefficient (Wildman–Crippen LogP) is 1.81. The molecule has 2 N–H and O–H groups in total. The van der Waals surface area contributed by atoms with Crippen molar-refractivity contribution < 1.29 is 9.53 Å². The summed E-state index contributed by atoms with van der Waals surface area (Å²) in [5.74, 6) is 1.18. The molecule has 18 heavy (non-hydrogen) atoms. The molecule has 0 aliphatic heterocycles. The summed E-state index contributed by atoms with van der Waals surface area (Å²) in [5.41, 5.74) is 0. The molecule has 0 fully saturated rings. The van der Waals surface area contributed by atoms with Crippen molar-refractivity contribution in [3.8, 4) is 5.75 Å². The molecule has 0 atom stereocenters. The van der Waals surface area contributed by atoms with Crippen molar-refractivity contribution in [1.82, 2.24) is 10.3 Å². The molecule has 1 aromatic heterocycles. The summed E-state index contributed by atoms with van der Waals surface area (Å²) in [4.78, 5) is 15.7. The summed E-state index contributed by atoms with van der Waals surface area (Å²) >= 11 is 0. The quantitative estimate of drug-likeness (QED) is 0.809. The fourth-order valence-corrected chi connectivity index (χ4v) is 1.41. The first-order chi connectivity index (χ1) is 8.49. The van der Waals surface area contributed by atoms with E-state index in [4.69, 9.17) is 4.74 Å². The molecule has 1 rings (SSSR count). The van der Waals surface area contributed by atoms with Gasteiger partial charge in [0, 0.05) is 12.2 Å². The number of carbonyl (C=O) groups is 1. The van der Waals surface area contributed by atoms with Crippen molar-refractivity contribution >= 4 is 11.7 Å². The van der Waals surface area contributed by atoms with Crippen LogP contribution in [-0.2, 0) is 4.79 Å². The van der Waals surface area contributed by atoms with E-state index in [1.807, 2.05) is 33.8 Å². The minimum Gasteiger partial charge on any atom is -0.487 e. The summed E-state index contributed by atoms with van der Waals surface area (Å²) < 4.78 is 5.60. The number of ether oxygens (including phenoxy) is 1. The lowest BCUT2D eigenvalue weighted by Gasteiger charge is -2.14. The van der Waals surface area contributed by atoms with Crippen molar-refractivity contribution in [2.24, 2.45) is 0 Å². The summed E-state index contributed by atoms with van der Waals surface area (Å²) in [5, 5.41) is 5.78. The van der Waals surface area contributed by atoms with E-state index in [0.717, 1.165) is 0 Å². The van der Waals surface area contributed by atoms with Crippen LogP contribution < -0.4 is 15.4 Å². The third kappa shape index (κ3) is 5.03. The lowest BCUT2D eigenvalue weighted by Crippen LogP contribution is -2.35. The van der Waals surface area contributed by atoms with Gasteiger partial charge in [0.15, 0.2) is 11.6 Å². The normalized spacial score (nSPS) is 10.6. The van der Waals surface area contributed by atoms with Gasteiger partial charge in [-0.15, -0.1) is 0 Å². The molecular weight excluding hydrogens is 230 g/mol. The molecule has 5 heteroatoms. The summed E-state index contributed by atoms with van der Waals surface area (Å²) in [6, 6.07) is 3.77. The third-order valence-corrected chi connectivity index (χ3v) is 2.00. The van der Waals surface area contributed by atoms with Crippen molar-refractivity contribution in [2.75, 3.05) is 11.9 Å². The second-order valence-electron chi connectivity index (χ2n) is 4.59. The van der Waals surface area contributed by atoms with E-state index >= 15 is 0 Å². The lowest BCUT2D eigenvalue weighted by molar-refractivity contribution is -0.119. The molecule has 0 saturated heterocycles. The topological polar surface area (TPSA) is 63.2 Å². The largest absolute Gasteiger partial charge is 0.487 e. The van der Waals surface area contributed by atoms with Gasteiger partial charge in [-0.1, -0.05) is 0 Å². The molecule has 0 unspecified atom stereocenters. The van der Waals surface area contributed by atoms with Crippen LogP contribution in [0.5, 0.6) is 5.75 Å². The fourth-order valence-electron chi connectivity index (χ4n) is 1.41. The smallest absolute Gasteiger partial charge is 0.239 e. The van der Waals surface area contributed by atoms with E-state index in [2.05, 4.69) is 15.6 Å². The van der Waals surface area contributed by atoms with Gasteiger partial charge in [0.1, 0.15) is 0 Å². The van der Waals surface area contributed by atoms with Crippen LogP contribution in [-0.4, -0.2) is 29.6 Å². The molecule has 0 aliphatic rings. The van der Waals surface area contributed by atoms with Gasteiger partial charge in [0.05, 0.1) is 12.6 Å². The van der Waals surface area contributed by atoms with Crippen molar-refractivity contribution in [3.63, 3.8) is 0 Å². The van der Waals surface area contributed by atoms with Crippen LogP contribution in [0.1, 0.15) is 27.7 Å². The monoisotopic (exact) mass is 251 g/mol. The highest BCUT2D eigenvalue weighted by molar-refractivity contribution is 5.81. The van der Waals surface area contributed by atoms with E-state index in [0.29, 0.717) is 11.6 Å². The van der Waals surface area contributed by atoms with Crippen LogP contribution in [0.3, 0.4) is 0 Å². The van der Waals surface area contributed by atoms with Gasteiger partial charge in [-0.2, -0.15) is 0 Å². The second kappa shape index (κ2) is 6.83. The van der Waals surface area contributed by atoms with Crippen LogP contribution >= 0.6 is 0 Å². The molecule has 0 radical (unpaired) electrons. The average molecular weight is 251 g/mol. The lowest BCUT2D eigenvalue weighted by atomic mass is 10.3. The zero-order valence-electron chi connectivity index (χ0n) is 11.4. The minimum atomic E-state index is -0.0637. The fraction of sp³-hybridized carbons (Fsp3) is 0.538. The maximum absolute atomic E-state index is 11.5. The Morgan fingerprint density at radius 1 is 1.39 bits per heavy atom. The molecule has 0 bridgehead atoms. The van der Waals surface area contributed by atoms with Gasteiger partial charge in [0.25, 0.3) is 0 Å². The zero-order chi connectivity index (χ0) is 13.5. The molecule has 5 nitrogen and oxygen atoms in total. The molecule has 1 aromatic rings. The molecule has 0 spiro atoms. The third-order valence-electron chi connectivity index (χ3n) is 2.00. The number of hydrogen-bond donors (Lipinski definition) is 2. The number of carbonyl (C=O) groups excluding carboxylic acids is 1. The van der Waals surface area contributed by atoms with Crippen LogP contribution in [0.4, 0.5) is 5.82 Å². The Balaban J connectivity index is 2.58. The first-order valence-electron chi connectivity index (χ1n) is 6.14. The molecule has 0 saturated carbocycles. The van der Waals surface area contributed by atoms with Gasteiger partial charge >= 0.3 is 0 Å². The number of nitrogens with zero attached hydrogens (tertiary/aromatic N) is 1. The van der Waals surface area contributed by atoms with Gasteiger partial charge < -0.3 is 15.4 Å². The standard InChI is InChI=1S/C13H21N3O2/c1-9(2)16-12(17)8-15-13-11(18-10(3)4)6-5-7-14-13/h5-7,9-10H,8H2,1-4H3,(H,14,15)(H,16,17). The summed E-state index contributed by atoms with van der Waals surface area (Å²) in [6.45, 7) is 7.92. The number of amides is 1. The van der Waals surface area contributed by atoms with Crippen LogP contribution in [0, 0.1) is 0 Å². The van der Waals surface area contributed by atoms with Crippen LogP contribution in [0.25, 0.3) is 0 Å². The van der Waals surface area contributed by atoms with Crippen molar-refractivity contribution in [2.45, 2.75) is 39.8 Å². The van der Waals surface area contributed by atoms with Gasteiger partial charge in [-0.05, 0) is 39.8 Å². The molecule has 0 aliphatic carbocycles. The molecule has 1 heterocycles. The average Bonchev–Trinajstić information content (AvgIpc) is 2.26. The predicted molar refractivity (Wildman–Crippen MR) is 71.8 cm³/mol. The Kier molecular flexibility index (Phi) is 5.42. The first kappa shape index (κ1) is 14.3. The van der Waals surface area contributed by atoms with Crippen molar-refractivity contribution in [3.05, 3.63) is 18.3 Å². The van der Waals surface area contributed by atoms with Gasteiger partial charge in [-0.25, -0.2) is 4.98 Å². The second-order valence-corrected chi connectivity index (χ2v) is 4.59. The van der Waals surface area contributed by atoms with E-state index in [1.54, 1.807) is 12.3 Å². The van der Waals surface area contributed by atoms with E-state index in [-0.39, 0.29) is 24.6 Å². The Hall–Kier alpha value is -1.78. The Morgan fingerprint density at radius 2 is 2.11 bits per heavy atom. The number of pyridine rings is 1. The number of nitrogens with one attached hydrogen (secondary N) is 2. The van der Waals surface area contributed by atoms with Gasteiger partial charge in [0.2, 0.25) is 5.91 Å². The van der Waals surface area contributed by atoms with Crippen molar-refractivity contribution in [1.29, 1.82) is 0 Å². The highest BCUT2D eigenvalue weighted by Gasteiger charge is 2.08. The SMILES string of the molecule is CC(C)NC(=O)CNc1ncccc1OC(C)C. The highest BCUT2D eigenvalue weighted by Crippen LogP contribution is 2.21. The zero-order valence-corrected chi connectivity index (χ0v) is 11.4. The highest BCUT2D eigenvalue weighted by atomic mass is 16.5. The molecule has 0 aromatic carbocycles. The number of rotatable bonds is 6. The number of anilines is 1. The minimum absolute atomic E-state index is 0.0637. The Bertz CT molecular complexity index is 392. The van der Waals surface area contributed by atoms with Crippen LogP contribution in [0.2, 0.25) is 0 Å². The summed E-state index contributed by atoms with van der Waals surface area (Å²) in [7, 11) is 0. The van der Waals surface area contributed by atoms with E-state index in [1.165, 1.54) is 0 Å². The van der Waals surface area contributed by atoms with Crippen LogP contribution in [0.15, 0.2) is 18.3 Å². The Morgan fingerprint density at radius 3 is 2.72 bits per heavy atom. The van der Waals surface area contributed by atoms with E-state index < -0.39 is 0 Å². The number of aromatic nitrogens is 1. The maximum Gasteiger partial charge on any atom is 0.239 e. The van der Waals surface area contributed by atoms with Gasteiger partial charge in [-0.3, -0.25) is 4.79 Å². The first-order valence-corrected chi connectivity index (χ1v) is 6.14. The number of hydrogen-bond acceptors (Lipinski definition) is 4. The molecular formula is C13H21N3O2. The maximum atomic E-state index is 11.5. The van der Waals surface area contributed by atoms with E-state index in [9.17, 15) is 4.79 Å².